The molecule has 2 nitrogen and oxygen atoms in total. The average molecular weight is 166 g/mol. The fourth-order valence-electron chi connectivity index (χ4n) is 0.865. The van der Waals surface area contributed by atoms with E-state index in [1.165, 1.54) is 16.2 Å². The first-order valence-corrected chi connectivity index (χ1v) is 4.28. The Kier molecular flexibility index (Phi) is 2.64. The van der Waals surface area contributed by atoms with Gasteiger partial charge in [-0.15, -0.1) is 11.3 Å². The molecule has 0 unspecified atom stereocenters. The van der Waals surface area contributed by atoms with Crippen LogP contribution in [-0.4, -0.2) is 6.04 Å². The minimum Gasteiger partial charge on any atom is -0.328 e. The van der Waals surface area contributed by atoms with Crippen LogP contribution in [-0.2, 0) is 6.42 Å². The number of thiophene rings is 1. The highest BCUT2D eigenvalue weighted by atomic mass is 32.1. The second kappa shape index (κ2) is 3.51. The summed E-state index contributed by atoms with van der Waals surface area (Å²) in [7, 11) is 0. The van der Waals surface area contributed by atoms with Gasteiger partial charge in [0.1, 0.15) is 10.9 Å². The van der Waals surface area contributed by atoms with Gasteiger partial charge in [-0.25, -0.2) is 0 Å². The summed E-state index contributed by atoms with van der Waals surface area (Å²) in [5.41, 5.74) is 5.60. The van der Waals surface area contributed by atoms with E-state index in [-0.39, 0.29) is 6.04 Å². The molecular weight excluding hydrogens is 156 g/mol. The lowest BCUT2D eigenvalue weighted by molar-refractivity contribution is 0.746. The maximum atomic E-state index is 8.51. The fraction of sp³-hybridized carbons (Fsp3) is 0.375. The molecule has 58 valence electrons. The van der Waals surface area contributed by atoms with Gasteiger partial charge in [0.2, 0.25) is 0 Å². The molecule has 0 saturated carbocycles. The Labute approximate surface area is 70.3 Å². The van der Waals surface area contributed by atoms with E-state index in [2.05, 4.69) is 6.07 Å². The molecule has 1 aromatic heterocycles. The van der Waals surface area contributed by atoms with Crippen LogP contribution in [0.3, 0.4) is 0 Å². The molecule has 0 fully saturated rings. The minimum absolute atomic E-state index is 0.181. The Balaban J connectivity index is 2.67. The van der Waals surface area contributed by atoms with Crippen LogP contribution in [0.2, 0.25) is 0 Å². The fourth-order valence-corrected chi connectivity index (χ4v) is 1.81. The average Bonchev–Trinajstić information content (AvgIpc) is 2.34. The molecule has 0 saturated heterocycles. The molecular formula is C8H10N2S. The third-order valence-electron chi connectivity index (χ3n) is 1.30. The molecule has 0 aliphatic heterocycles. The Morgan fingerprint density at radius 2 is 2.45 bits per heavy atom. The van der Waals surface area contributed by atoms with Gasteiger partial charge in [0.05, 0.1) is 0 Å². The Bertz CT molecular complexity index is 270. The second-order valence-corrected chi connectivity index (χ2v) is 3.73. The van der Waals surface area contributed by atoms with Gasteiger partial charge >= 0.3 is 0 Å². The summed E-state index contributed by atoms with van der Waals surface area (Å²) < 4.78 is 0. The van der Waals surface area contributed by atoms with Crippen molar-refractivity contribution in [2.45, 2.75) is 19.4 Å². The molecule has 0 aliphatic rings. The van der Waals surface area contributed by atoms with Crippen LogP contribution < -0.4 is 5.73 Å². The number of nitrogens with two attached hydrogens (primary N) is 1. The van der Waals surface area contributed by atoms with E-state index in [9.17, 15) is 0 Å². The highest BCUT2D eigenvalue weighted by Gasteiger charge is 2.01. The first kappa shape index (κ1) is 8.25. The largest absolute Gasteiger partial charge is 0.328 e. The van der Waals surface area contributed by atoms with E-state index in [0.29, 0.717) is 0 Å². The number of rotatable bonds is 2. The van der Waals surface area contributed by atoms with Gasteiger partial charge in [0.15, 0.2) is 0 Å². The third-order valence-corrected chi connectivity index (χ3v) is 2.31. The van der Waals surface area contributed by atoms with Crippen LogP contribution in [0.4, 0.5) is 0 Å². The van der Waals surface area contributed by atoms with Crippen molar-refractivity contribution >= 4 is 11.3 Å². The van der Waals surface area contributed by atoms with E-state index in [0.717, 1.165) is 11.3 Å². The molecule has 0 radical (unpaired) electrons. The Morgan fingerprint density at radius 3 is 2.91 bits per heavy atom. The molecule has 1 rings (SSSR count). The molecule has 1 aromatic rings. The van der Waals surface area contributed by atoms with E-state index in [1.54, 1.807) is 0 Å². The van der Waals surface area contributed by atoms with Crippen LogP contribution in [0.1, 0.15) is 16.7 Å². The van der Waals surface area contributed by atoms with Crippen LogP contribution in [0.25, 0.3) is 0 Å². The molecule has 0 amide bonds. The van der Waals surface area contributed by atoms with Gasteiger partial charge in [0, 0.05) is 10.9 Å². The SMILES string of the molecule is C[C@H](N)Cc1ccc(C#N)s1. The lowest BCUT2D eigenvalue weighted by Crippen LogP contribution is -2.16. The van der Waals surface area contributed by atoms with E-state index < -0.39 is 0 Å². The van der Waals surface area contributed by atoms with Gasteiger partial charge in [-0.05, 0) is 25.5 Å². The monoisotopic (exact) mass is 166 g/mol. The van der Waals surface area contributed by atoms with E-state index in [1.807, 2.05) is 19.1 Å². The molecule has 0 aliphatic carbocycles. The zero-order valence-corrected chi connectivity index (χ0v) is 7.19. The highest BCUT2D eigenvalue weighted by Crippen LogP contribution is 2.16. The van der Waals surface area contributed by atoms with Gasteiger partial charge < -0.3 is 5.73 Å². The molecule has 1 heterocycles. The molecule has 3 heteroatoms. The lowest BCUT2D eigenvalue weighted by atomic mass is 10.2. The number of hydrogen-bond donors (Lipinski definition) is 1. The first-order valence-electron chi connectivity index (χ1n) is 3.47. The van der Waals surface area contributed by atoms with Crippen molar-refractivity contribution in [3.63, 3.8) is 0 Å². The summed E-state index contributed by atoms with van der Waals surface area (Å²) in [5.74, 6) is 0. The minimum atomic E-state index is 0.181. The Hall–Kier alpha value is -0.850. The van der Waals surface area contributed by atoms with Crippen molar-refractivity contribution in [3.8, 4) is 6.07 Å². The molecule has 2 N–H and O–H groups in total. The molecule has 0 spiro atoms. The lowest BCUT2D eigenvalue weighted by Gasteiger charge is -1.99. The standard InChI is InChI=1S/C8H10N2S/c1-6(10)4-7-2-3-8(5-9)11-7/h2-3,6H,4,10H2,1H3/t6-/m0/s1. The zero-order valence-electron chi connectivity index (χ0n) is 6.37. The summed E-state index contributed by atoms with van der Waals surface area (Å²) in [6.07, 6.45) is 0.867. The summed E-state index contributed by atoms with van der Waals surface area (Å²) in [6, 6.07) is 6.08. The quantitative estimate of drug-likeness (QED) is 0.724. The Morgan fingerprint density at radius 1 is 1.73 bits per heavy atom. The van der Waals surface area contributed by atoms with E-state index in [4.69, 9.17) is 11.0 Å². The number of hydrogen-bond acceptors (Lipinski definition) is 3. The topological polar surface area (TPSA) is 49.8 Å². The molecule has 0 bridgehead atoms. The van der Waals surface area contributed by atoms with Crippen molar-refractivity contribution in [1.82, 2.24) is 0 Å². The van der Waals surface area contributed by atoms with Crippen LogP contribution >= 0.6 is 11.3 Å². The maximum Gasteiger partial charge on any atom is 0.110 e. The third kappa shape index (κ3) is 2.34. The van der Waals surface area contributed by atoms with Crippen molar-refractivity contribution in [1.29, 1.82) is 5.26 Å². The second-order valence-electron chi connectivity index (χ2n) is 2.56. The maximum absolute atomic E-state index is 8.51. The van der Waals surface area contributed by atoms with Crippen molar-refractivity contribution in [2.75, 3.05) is 0 Å². The normalized spacial score (nSPS) is 12.5. The number of nitriles is 1. The molecule has 11 heavy (non-hydrogen) atoms. The summed E-state index contributed by atoms with van der Waals surface area (Å²) in [4.78, 5) is 1.96. The number of nitrogens with zero attached hydrogens (tertiary/aromatic N) is 1. The van der Waals surface area contributed by atoms with Crippen molar-refractivity contribution in [2.24, 2.45) is 5.73 Å². The van der Waals surface area contributed by atoms with Gasteiger partial charge in [0.25, 0.3) is 0 Å². The molecule has 1 atom stereocenters. The summed E-state index contributed by atoms with van der Waals surface area (Å²) >= 11 is 1.52. The first-order chi connectivity index (χ1) is 5.22. The van der Waals surface area contributed by atoms with Crippen molar-refractivity contribution < 1.29 is 0 Å². The predicted molar refractivity (Wildman–Crippen MR) is 46.4 cm³/mol. The smallest absolute Gasteiger partial charge is 0.110 e. The van der Waals surface area contributed by atoms with E-state index >= 15 is 0 Å². The zero-order chi connectivity index (χ0) is 8.27. The summed E-state index contributed by atoms with van der Waals surface area (Å²) in [6.45, 7) is 1.96. The van der Waals surface area contributed by atoms with Crippen LogP contribution in [0.15, 0.2) is 12.1 Å². The van der Waals surface area contributed by atoms with Crippen LogP contribution in [0, 0.1) is 11.3 Å². The summed E-state index contributed by atoms with van der Waals surface area (Å²) in [5, 5.41) is 8.51. The van der Waals surface area contributed by atoms with Gasteiger partial charge in [-0.3, -0.25) is 0 Å². The van der Waals surface area contributed by atoms with Crippen molar-refractivity contribution in [3.05, 3.63) is 21.9 Å². The predicted octanol–water partition coefficient (Wildman–Crippen LogP) is 1.51. The highest BCUT2D eigenvalue weighted by molar-refractivity contribution is 7.12. The van der Waals surface area contributed by atoms with Gasteiger partial charge in [-0.1, -0.05) is 0 Å². The van der Waals surface area contributed by atoms with Gasteiger partial charge in [-0.2, -0.15) is 5.26 Å². The van der Waals surface area contributed by atoms with Crippen LogP contribution in [0.5, 0.6) is 0 Å². The molecule has 0 aromatic carbocycles.